The number of nitrogens with one attached hydrogen (secondary N) is 1. The molecule has 0 aliphatic carbocycles. The molecule has 2 saturated heterocycles. The summed E-state index contributed by atoms with van der Waals surface area (Å²) >= 11 is 0. The Morgan fingerprint density at radius 3 is 2.61 bits per heavy atom. The standard InChI is InChI=1S/C25H31N5O/c1-18-23(19(2)28-17-27-18)24(31)30-14-20-12-29(13-21(20)15-30)11-9-25(8-10-26-16-25)22-6-4-3-5-7-22/h3-7,12,17,21,26H,8-11,13-16H2,1-2H3. The Morgan fingerprint density at radius 1 is 1.16 bits per heavy atom. The van der Waals surface area contributed by atoms with Crippen molar-refractivity contribution < 1.29 is 4.79 Å². The number of benzene rings is 1. The fourth-order valence-electron chi connectivity index (χ4n) is 5.56. The van der Waals surface area contributed by atoms with Gasteiger partial charge >= 0.3 is 0 Å². The van der Waals surface area contributed by atoms with Gasteiger partial charge in [0.05, 0.1) is 17.0 Å². The highest BCUT2D eigenvalue weighted by atomic mass is 16.2. The lowest BCUT2D eigenvalue weighted by Gasteiger charge is -2.31. The summed E-state index contributed by atoms with van der Waals surface area (Å²) < 4.78 is 0. The topological polar surface area (TPSA) is 61.4 Å². The van der Waals surface area contributed by atoms with Crippen LogP contribution < -0.4 is 5.32 Å². The maximum atomic E-state index is 13.1. The largest absolute Gasteiger partial charge is 0.377 e. The second-order valence-corrected chi connectivity index (χ2v) is 9.32. The summed E-state index contributed by atoms with van der Waals surface area (Å²) in [5.41, 5.74) is 5.28. The van der Waals surface area contributed by atoms with E-state index in [2.05, 4.69) is 56.7 Å². The lowest BCUT2D eigenvalue weighted by Crippen LogP contribution is -2.35. The Morgan fingerprint density at radius 2 is 1.94 bits per heavy atom. The van der Waals surface area contributed by atoms with Gasteiger partial charge in [0.15, 0.2) is 0 Å². The van der Waals surface area contributed by atoms with Crippen molar-refractivity contribution in [2.75, 3.05) is 39.3 Å². The molecular weight excluding hydrogens is 386 g/mol. The number of aryl methyl sites for hydroxylation is 2. The monoisotopic (exact) mass is 417 g/mol. The second-order valence-electron chi connectivity index (χ2n) is 9.32. The van der Waals surface area contributed by atoms with Crippen molar-refractivity contribution in [1.29, 1.82) is 0 Å². The Labute approximate surface area is 184 Å². The summed E-state index contributed by atoms with van der Waals surface area (Å²) in [5, 5.41) is 3.58. The van der Waals surface area contributed by atoms with Crippen molar-refractivity contribution in [3.05, 3.63) is 70.9 Å². The zero-order valence-corrected chi connectivity index (χ0v) is 18.5. The molecule has 2 unspecified atom stereocenters. The van der Waals surface area contributed by atoms with Gasteiger partial charge in [0.2, 0.25) is 0 Å². The summed E-state index contributed by atoms with van der Waals surface area (Å²) in [4.78, 5) is 26.0. The zero-order chi connectivity index (χ0) is 21.4. The van der Waals surface area contributed by atoms with Crippen LogP contribution in [0.2, 0.25) is 0 Å². The smallest absolute Gasteiger partial charge is 0.257 e. The number of likely N-dealkylation sites (tertiary alicyclic amines) is 1. The third kappa shape index (κ3) is 3.74. The van der Waals surface area contributed by atoms with Crippen LogP contribution in [0, 0.1) is 19.8 Å². The second kappa shape index (κ2) is 8.08. The van der Waals surface area contributed by atoms with Crippen molar-refractivity contribution in [1.82, 2.24) is 25.1 Å². The van der Waals surface area contributed by atoms with Crippen LogP contribution in [0.25, 0.3) is 0 Å². The van der Waals surface area contributed by atoms with E-state index in [1.807, 2.05) is 18.7 Å². The number of nitrogens with zero attached hydrogens (tertiary/aromatic N) is 4. The van der Waals surface area contributed by atoms with Crippen LogP contribution in [0.15, 0.2) is 48.4 Å². The molecule has 3 aliphatic rings. The highest BCUT2D eigenvalue weighted by Gasteiger charge is 2.39. The molecule has 0 radical (unpaired) electrons. The highest BCUT2D eigenvalue weighted by Crippen LogP contribution is 2.36. The first-order chi connectivity index (χ1) is 15.1. The van der Waals surface area contributed by atoms with Crippen LogP contribution in [0.1, 0.15) is 40.2 Å². The van der Waals surface area contributed by atoms with Gasteiger partial charge in [-0.2, -0.15) is 0 Å². The molecule has 0 bridgehead atoms. The first-order valence-corrected chi connectivity index (χ1v) is 11.3. The van der Waals surface area contributed by atoms with Crippen molar-refractivity contribution in [2.45, 2.75) is 32.1 Å². The summed E-state index contributed by atoms with van der Waals surface area (Å²) in [6.07, 6.45) is 6.21. The number of hydrogen-bond acceptors (Lipinski definition) is 5. The van der Waals surface area contributed by atoms with Crippen LogP contribution in [0.5, 0.6) is 0 Å². The molecule has 5 rings (SSSR count). The molecule has 1 amide bonds. The molecule has 31 heavy (non-hydrogen) atoms. The quantitative estimate of drug-likeness (QED) is 0.811. The number of amides is 1. The van der Waals surface area contributed by atoms with E-state index in [1.165, 1.54) is 23.9 Å². The van der Waals surface area contributed by atoms with Crippen LogP contribution in [0.4, 0.5) is 0 Å². The Bertz CT molecular complexity index is 976. The summed E-state index contributed by atoms with van der Waals surface area (Å²) in [7, 11) is 0. The van der Waals surface area contributed by atoms with Gasteiger partial charge in [-0.1, -0.05) is 30.3 Å². The molecule has 0 saturated carbocycles. The van der Waals surface area contributed by atoms with Gasteiger partial charge in [-0.15, -0.1) is 0 Å². The number of aromatic nitrogens is 2. The van der Waals surface area contributed by atoms with Crippen LogP contribution in [-0.4, -0.2) is 64.9 Å². The molecule has 6 heteroatoms. The molecule has 2 fully saturated rings. The van der Waals surface area contributed by atoms with E-state index in [0.717, 1.165) is 57.1 Å². The summed E-state index contributed by atoms with van der Waals surface area (Å²) in [5.74, 6) is 0.515. The van der Waals surface area contributed by atoms with Gasteiger partial charge in [0, 0.05) is 50.3 Å². The molecular formula is C25H31N5O. The van der Waals surface area contributed by atoms with E-state index in [4.69, 9.17) is 0 Å². The van der Waals surface area contributed by atoms with Crippen molar-refractivity contribution in [3.63, 3.8) is 0 Å². The maximum absolute atomic E-state index is 13.1. The van der Waals surface area contributed by atoms with Gasteiger partial charge in [0.25, 0.3) is 5.91 Å². The van der Waals surface area contributed by atoms with E-state index in [0.29, 0.717) is 11.5 Å². The van der Waals surface area contributed by atoms with E-state index in [9.17, 15) is 4.79 Å². The Hall–Kier alpha value is -2.73. The lowest BCUT2D eigenvalue weighted by molar-refractivity contribution is 0.0782. The molecule has 1 aromatic carbocycles. The van der Waals surface area contributed by atoms with E-state index < -0.39 is 0 Å². The van der Waals surface area contributed by atoms with E-state index in [-0.39, 0.29) is 11.3 Å². The van der Waals surface area contributed by atoms with E-state index in [1.54, 1.807) is 0 Å². The normalized spacial score (nSPS) is 25.1. The van der Waals surface area contributed by atoms with Crippen LogP contribution >= 0.6 is 0 Å². The number of carbonyl (C=O) groups is 1. The van der Waals surface area contributed by atoms with Gasteiger partial charge in [-0.05, 0) is 44.4 Å². The van der Waals surface area contributed by atoms with Crippen LogP contribution in [0.3, 0.4) is 0 Å². The predicted molar refractivity (Wildman–Crippen MR) is 121 cm³/mol. The Kier molecular flexibility index (Phi) is 5.26. The summed E-state index contributed by atoms with van der Waals surface area (Å²) in [6, 6.07) is 11.0. The summed E-state index contributed by atoms with van der Waals surface area (Å²) in [6.45, 7) is 9.53. The van der Waals surface area contributed by atoms with Crippen molar-refractivity contribution in [2.24, 2.45) is 5.92 Å². The average Bonchev–Trinajstić information content (AvgIpc) is 3.48. The fourth-order valence-corrected chi connectivity index (χ4v) is 5.56. The molecule has 4 heterocycles. The minimum absolute atomic E-state index is 0.0671. The number of rotatable bonds is 5. The van der Waals surface area contributed by atoms with Crippen molar-refractivity contribution in [3.8, 4) is 0 Å². The van der Waals surface area contributed by atoms with Gasteiger partial charge in [-0.25, -0.2) is 9.97 Å². The lowest BCUT2D eigenvalue weighted by atomic mass is 9.77. The molecule has 1 N–H and O–H groups in total. The minimum atomic E-state index is 0.0671. The molecule has 162 valence electrons. The molecule has 2 atom stereocenters. The molecule has 2 aromatic rings. The highest BCUT2D eigenvalue weighted by molar-refractivity contribution is 5.96. The van der Waals surface area contributed by atoms with Crippen LogP contribution in [-0.2, 0) is 5.41 Å². The third-order valence-electron chi connectivity index (χ3n) is 7.38. The van der Waals surface area contributed by atoms with Gasteiger partial charge in [0.1, 0.15) is 6.33 Å². The Balaban J connectivity index is 1.24. The molecule has 6 nitrogen and oxygen atoms in total. The number of carbonyl (C=O) groups excluding carboxylic acids is 1. The minimum Gasteiger partial charge on any atom is -0.377 e. The number of fused-ring (bicyclic) bond motifs is 1. The fraction of sp³-hybridized carbons (Fsp3) is 0.480. The first-order valence-electron chi connectivity index (χ1n) is 11.3. The van der Waals surface area contributed by atoms with Crippen molar-refractivity contribution >= 4 is 5.91 Å². The average molecular weight is 418 g/mol. The SMILES string of the molecule is Cc1ncnc(C)c1C(=O)N1CC2=CN(CCC3(c4ccccc4)CCNC3)CC2C1. The van der Waals surface area contributed by atoms with Gasteiger partial charge in [-0.3, -0.25) is 4.79 Å². The maximum Gasteiger partial charge on any atom is 0.257 e. The van der Waals surface area contributed by atoms with Gasteiger partial charge < -0.3 is 15.1 Å². The number of hydrogen-bond donors (Lipinski definition) is 1. The molecule has 1 aromatic heterocycles. The third-order valence-corrected chi connectivity index (χ3v) is 7.38. The molecule has 3 aliphatic heterocycles. The van der Waals surface area contributed by atoms with E-state index >= 15 is 0 Å². The zero-order valence-electron chi connectivity index (χ0n) is 18.5. The molecule has 0 spiro atoms. The predicted octanol–water partition coefficient (Wildman–Crippen LogP) is 2.69. The first kappa shape index (κ1) is 20.2.